The number of aliphatic hydroxyl groups is 1. The number of aromatic nitrogens is 1. The standard InChI is InChI=1S/C25H31N3O3/c1-25(2,3)27-24(31)17-7-9-23(30)21(13-17)16-6-8-22-18(11-16)12-19(26-22)14-28-10-4-5-20(28)15-29/h6-9,11-13,20,26,29-30H,4-5,10,14-15H2,1-3H3,(H,27,31)/t20-/m1/s1. The summed E-state index contributed by atoms with van der Waals surface area (Å²) in [5.41, 5.74) is 3.80. The molecule has 0 bridgehead atoms. The average molecular weight is 422 g/mol. The number of carbonyl (C=O) groups is 1. The molecule has 0 unspecified atom stereocenters. The van der Waals surface area contributed by atoms with Crippen LogP contribution in [0.1, 0.15) is 49.7 Å². The molecule has 1 aliphatic rings. The van der Waals surface area contributed by atoms with E-state index in [4.69, 9.17) is 0 Å². The van der Waals surface area contributed by atoms with Crippen molar-refractivity contribution < 1.29 is 15.0 Å². The van der Waals surface area contributed by atoms with Gasteiger partial charge in [0.15, 0.2) is 0 Å². The minimum atomic E-state index is -0.333. The van der Waals surface area contributed by atoms with Crippen LogP contribution >= 0.6 is 0 Å². The summed E-state index contributed by atoms with van der Waals surface area (Å²) in [6, 6.07) is 13.3. The number of benzene rings is 2. The molecule has 2 heterocycles. The third kappa shape index (κ3) is 4.75. The molecule has 1 aliphatic heterocycles. The maximum Gasteiger partial charge on any atom is 0.251 e. The lowest BCUT2D eigenvalue weighted by molar-refractivity contribution is 0.0919. The van der Waals surface area contributed by atoms with Crippen LogP contribution in [0.15, 0.2) is 42.5 Å². The van der Waals surface area contributed by atoms with E-state index in [9.17, 15) is 15.0 Å². The molecule has 164 valence electrons. The lowest BCUT2D eigenvalue weighted by Crippen LogP contribution is -2.40. The molecule has 1 atom stereocenters. The normalized spacial score (nSPS) is 17.4. The van der Waals surface area contributed by atoms with Gasteiger partial charge >= 0.3 is 0 Å². The van der Waals surface area contributed by atoms with Crippen molar-refractivity contribution in [2.45, 2.75) is 51.7 Å². The first-order valence-electron chi connectivity index (χ1n) is 10.9. The fraction of sp³-hybridized carbons (Fsp3) is 0.400. The van der Waals surface area contributed by atoms with Gasteiger partial charge in [0.25, 0.3) is 5.91 Å². The number of phenolic OH excluding ortho intramolecular Hbond substituents is 1. The molecule has 4 rings (SSSR count). The van der Waals surface area contributed by atoms with Crippen LogP contribution in [-0.2, 0) is 6.54 Å². The summed E-state index contributed by atoms with van der Waals surface area (Å²) in [5.74, 6) is -0.0203. The zero-order valence-corrected chi connectivity index (χ0v) is 18.4. The number of rotatable bonds is 5. The number of hydrogen-bond acceptors (Lipinski definition) is 4. The Morgan fingerprint density at radius 2 is 2.00 bits per heavy atom. The third-order valence-corrected chi connectivity index (χ3v) is 5.82. The lowest BCUT2D eigenvalue weighted by atomic mass is 9.99. The first kappa shape index (κ1) is 21.4. The van der Waals surface area contributed by atoms with E-state index in [1.807, 2.05) is 39.0 Å². The number of fused-ring (bicyclic) bond motifs is 1. The van der Waals surface area contributed by atoms with Crippen LogP contribution in [-0.4, -0.2) is 50.7 Å². The zero-order valence-electron chi connectivity index (χ0n) is 18.4. The Morgan fingerprint density at radius 3 is 2.74 bits per heavy atom. The molecule has 0 spiro atoms. The largest absolute Gasteiger partial charge is 0.507 e. The van der Waals surface area contributed by atoms with Gasteiger partial charge in [0.1, 0.15) is 5.75 Å². The van der Waals surface area contributed by atoms with Crippen molar-refractivity contribution in [2.75, 3.05) is 13.2 Å². The predicted octanol–water partition coefficient (Wildman–Crippen LogP) is 4.03. The van der Waals surface area contributed by atoms with Crippen LogP contribution < -0.4 is 5.32 Å². The summed E-state index contributed by atoms with van der Waals surface area (Å²) in [4.78, 5) is 18.3. The smallest absolute Gasteiger partial charge is 0.251 e. The molecule has 1 saturated heterocycles. The van der Waals surface area contributed by atoms with Crippen molar-refractivity contribution in [3.63, 3.8) is 0 Å². The lowest BCUT2D eigenvalue weighted by Gasteiger charge is -2.21. The van der Waals surface area contributed by atoms with Crippen LogP contribution in [0.25, 0.3) is 22.0 Å². The van der Waals surface area contributed by atoms with Gasteiger partial charge in [-0.3, -0.25) is 9.69 Å². The van der Waals surface area contributed by atoms with Gasteiger partial charge in [0.2, 0.25) is 0 Å². The topological polar surface area (TPSA) is 88.6 Å². The van der Waals surface area contributed by atoms with Crippen molar-refractivity contribution >= 4 is 16.8 Å². The molecule has 1 fully saturated rings. The first-order chi connectivity index (χ1) is 14.7. The van der Waals surface area contributed by atoms with Gasteiger partial charge in [-0.25, -0.2) is 0 Å². The fourth-order valence-corrected chi connectivity index (χ4v) is 4.30. The van der Waals surface area contributed by atoms with E-state index in [-0.39, 0.29) is 29.8 Å². The van der Waals surface area contributed by atoms with Crippen LogP contribution in [0.2, 0.25) is 0 Å². The second-order valence-electron chi connectivity index (χ2n) is 9.48. The predicted molar refractivity (Wildman–Crippen MR) is 123 cm³/mol. The average Bonchev–Trinajstić information content (AvgIpc) is 3.32. The minimum absolute atomic E-state index is 0.144. The molecular weight excluding hydrogens is 390 g/mol. The molecule has 31 heavy (non-hydrogen) atoms. The molecule has 1 amide bonds. The highest BCUT2D eigenvalue weighted by molar-refractivity contribution is 5.97. The van der Waals surface area contributed by atoms with Gasteiger partial charge in [-0.05, 0) is 82.1 Å². The molecule has 1 aromatic heterocycles. The highest BCUT2D eigenvalue weighted by Gasteiger charge is 2.24. The number of aliphatic hydroxyl groups excluding tert-OH is 1. The number of nitrogens with one attached hydrogen (secondary N) is 2. The van der Waals surface area contributed by atoms with Crippen LogP contribution in [0.5, 0.6) is 5.75 Å². The van der Waals surface area contributed by atoms with Gasteiger partial charge in [-0.1, -0.05) is 6.07 Å². The second kappa shape index (κ2) is 8.36. The number of phenols is 1. The quantitative estimate of drug-likeness (QED) is 0.501. The fourth-order valence-electron chi connectivity index (χ4n) is 4.30. The van der Waals surface area contributed by atoms with Gasteiger partial charge in [-0.15, -0.1) is 0 Å². The Morgan fingerprint density at radius 1 is 1.19 bits per heavy atom. The van der Waals surface area contributed by atoms with E-state index >= 15 is 0 Å². The number of aromatic hydroxyl groups is 1. The van der Waals surface area contributed by atoms with Crippen molar-refractivity contribution in [2.24, 2.45) is 0 Å². The number of hydrogen-bond donors (Lipinski definition) is 4. The van der Waals surface area contributed by atoms with E-state index < -0.39 is 0 Å². The summed E-state index contributed by atoms with van der Waals surface area (Å²) < 4.78 is 0. The van der Waals surface area contributed by atoms with E-state index in [0.29, 0.717) is 11.1 Å². The molecule has 2 aromatic carbocycles. The molecule has 6 nitrogen and oxygen atoms in total. The SMILES string of the molecule is CC(C)(C)NC(=O)c1ccc(O)c(-c2ccc3[nH]c(CN4CCC[C@@H]4CO)cc3c2)c1. The maximum absolute atomic E-state index is 12.6. The highest BCUT2D eigenvalue weighted by atomic mass is 16.3. The minimum Gasteiger partial charge on any atom is -0.507 e. The number of amides is 1. The number of nitrogens with zero attached hydrogens (tertiary/aromatic N) is 1. The molecule has 0 aliphatic carbocycles. The van der Waals surface area contributed by atoms with E-state index in [0.717, 1.165) is 48.1 Å². The molecule has 6 heteroatoms. The highest BCUT2D eigenvalue weighted by Crippen LogP contribution is 2.33. The third-order valence-electron chi connectivity index (χ3n) is 5.82. The summed E-state index contributed by atoms with van der Waals surface area (Å²) >= 11 is 0. The van der Waals surface area contributed by atoms with Crippen LogP contribution in [0.3, 0.4) is 0 Å². The summed E-state index contributed by atoms with van der Waals surface area (Å²) in [7, 11) is 0. The van der Waals surface area contributed by atoms with Gasteiger partial charge in [-0.2, -0.15) is 0 Å². The Hall–Kier alpha value is -2.83. The van der Waals surface area contributed by atoms with Crippen molar-refractivity contribution in [3.8, 4) is 16.9 Å². The Kier molecular flexibility index (Phi) is 5.77. The number of aromatic amines is 1. The molecule has 0 saturated carbocycles. The maximum atomic E-state index is 12.6. The molecule has 4 N–H and O–H groups in total. The van der Waals surface area contributed by atoms with E-state index in [2.05, 4.69) is 21.3 Å². The monoisotopic (exact) mass is 421 g/mol. The van der Waals surface area contributed by atoms with E-state index in [1.54, 1.807) is 18.2 Å². The van der Waals surface area contributed by atoms with Gasteiger partial charge in [0, 0.05) is 45.8 Å². The number of likely N-dealkylation sites (tertiary alicyclic amines) is 1. The summed E-state index contributed by atoms with van der Waals surface area (Å²) in [5, 5.41) is 24.0. The van der Waals surface area contributed by atoms with Gasteiger partial charge < -0.3 is 20.5 Å². The van der Waals surface area contributed by atoms with Crippen molar-refractivity contribution in [1.82, 2.24) is 15.2 Å². The number of H-pyrrole nitrogens is 1. The van der Waals surface area contributed by atoms with Gasteiger partial charge in [0.05, 0.1) is 6.61 Å². The first-order valence-corrected chi connectivity index (χ1v) is 10.9. The summed E-state index contributed by atoms with van der Waals surface area (Å²) in [6.07, 6.45) is 2.16. The second-order valence-corrected chi connectivity index (χ2v) is 9.48. The van der Waals surface area contributed by atoms with Crippen LogP contribution in [0.4, 0.5) is 0 Å². The molecule has 3 aromatic rings. The molecular formula is C25H31N3O3. The zero-order chi connectivity index (χ0) is 22.2. The number of carbonyl (C=O) groups excluding carboxylic acids is 1. The molecule has 0 radical (unpaired) electrons. The van der Waals surface area contributed by atoms with E-state index in [1.165, 1.54) is 0 Å². The Labute approximate surface area is 182 Å². The van der Waals surface area contributed by atoms with Crippen molar-refractivity contribution in [3.05, 3.63) is 53.7 Å². The Bertz CT molecular complexity index is 1100. The summed E-state index contributed by atoms with van der Waals surface area (Å²) in [6.45, 7) is 7.80. The Balaban J connectivity index is 1.61. The van der Waals surface area contributed by atoms with Crippen LogP contribution in [0, 0.1) is 0 Å². The van der Waals surface area contributed by atoms with Crippen molar-refractivity contribution in [1.29, 1.82) is 0 Å².